The highest BCUT2D eigenvalue weighted by Gasteiger charge is 2.32. The van der Waals surface area contributed by atoms with E-state index < -0.39 is 22.2 Å². The van der Waals surface area contributed by atoms with Crippen LogP contribution in [0.5, 0.6) is 5.75 Å². The molecule has 3 rings (SSSR count). The number of aliphatic hydroxyl groups is 1. The third kappa shape index (κ3) is 10.8. The maximum absolute atomic E-state index is 14.3. The smallest absolute Gasteiger partial charge is 0.258 e. The molecule has 0 radical (unpaired) electrons. The van der Waals surface area contributed by atoms with Crippen LogP contribution in [0.3, 0.4) is 0 Å². The summed E-state index contributed by atoms with van der Waals surface area (Å²) in [6.07, 6.45) is 2.63. The average Bonchev–Trinajstić information content (AvgIpc) is 3.02. The van der Waals surface area contributed by atoms with Crippen LogP contribution in [0.1, 0.15) is 63.2 Å². The molecule has 4 atom stereocenters. The van der Waals surface area contributed by atoms with Crippen LogP contribution < -0.4 is 10.1 Å². The van der Waals surface area contributed by atoms with Crippen molar-refractivity contribution in [1.29, 1.82) is 0 Å². The maximum atomic E-state index is 14.3. The highest BCUT2D eigenvalue weighted by atomic mass is 32.2. The van der Waals surface area contributed by atoms with Gasteiger partial charge in [-0.25, -0.2) is 8.42 Å². The van der Waals surface area contributed by atoms with Crippen LogP contribution in [0.15, 0.2) is 53.4 Å². The lowest BCUT2D eigenvalue weighted by molar-refractivity contribution is -0.116. The van der Waals surface area contributed by atoms with Gasteiger partial charge in [-0.3, -0.25) is 9.59 Å². The Labute approximate surface area is 274 Å². The van der Waals surface area contributed by atoms with Gasteiger partial charge in [0.2, 0.25) is 15.9 Å². The Bertz CT molecular complexity index is 1370. The summed E-state index contributed by atoms with van der Waals surface area (Å²) in [4.78, 5) is 30.7. The minimum atomic E-state index is -3.76. The molecule has 1 heterocycles. The third-order valence-corrected chi connectivity index (χ3v) is 10.1. The van der Waals surface area contributed by atoms with E-state index in [0.29, 0.717) is 30.9 Å². The number of ether oxygens (including phenoxy) is 2. The molecule has 2 amide bonds. The number of anilines is 1. The molecule has 0 aliphatic carbocycles. The highest BCUT2D eigenvalue weighted by molar-refractivity contribution is 7.89. The normalized spacial score (nSPS) is 20.9. The number of aliphatic hydroxyl groups excluding tert-OH is 1. The van der Waals surface area contributed by atoms with E-state index in [0.717, 1.165) is 25.8 Å². The van der Waals surface area contributed by atoms with Crippen LogP contribution in [0.2, 0.25) is 0 Å². The number of carbonyl (C=O) groups is 2. The molecule has 2 N–H and O–H groups in total. The molecule has 1 aliphatic rings. The van der Waals surface area contributed by atoms with Gasteiger partial charge in [0, 0.05) is 44.8 Å². The summed E-state index contributed by atoms with van der Waals surface area (Å²) < 4.78 is 40.6. The molecule has 0 spiro atoms. The maximum Gasteiger partial charge on any atom is 0.258 e. The molecular weight excluding hydrogens is 608 g/mol. The molecular formula is C34H52N4O7S. The summed E-state index contributed by atoms with van der Waals surface area (Å²) in [6, 6.07) is 12.8. The van der Waals surface area contributed by atoms with Crippen molar-refractivity contribution in [3.63, 3.8) is 0 Å². The van der Waals surface area contributed by atoms with Crippen LogP contribution >= 0.6 is 0 Å². The van der Waals surface area contributed by atoms with Gasteiger partial charge in [-0.15, -0.1) is 0 Å². The van der Waals surface area contributed by atoms with Gasteiger partial charge in [0.15, 0.2) is 0 Å². The Morgan fingerprint density at radius 1 is 1.11 bits per heavy atom. The van der Waals surface area contributed by atoms with Crippen molar-refractivity contribution in [1.82, 2.24) is 14.1 Å². The van der Waals surface area contributed by atoms with Gasteiger partial charge in [-0.2, -0.15) is 4.31 Å². The van der Waals surface area contributed by atoms with Crippen molar-refractivity contribution in [3.05, 3.63) is 54.1 Å². The molecule has 12 heteroatoms. The number of nitrogens with zero attached hydrogens (tertiary/aromatic N) is 3. The summed E-state index contributed by atoms with van der Waals surface area (Å²) in [5.74, 6) is -0.393. The number of carbonyl (C=O) groups excluding carboxylic acids is 2. The van der Waals surface area contributed by atoms with Crippen LogP contribution in [-0.4, -0.2) is 112 Å². The zero-order valence-corrected chi connectivity index (χ0v) is 29.0. The Hall–Kier alpha value is -3.03. The summed E-state index contributed by atoms with van der Waals surface area (Å²) in [7, 11) is 1.69. The first-order valence-electron chi connectivity index (χ1n) is 16.1. The number of sulfonamides is 1. The lowest BCUT2D eigenvalue weighted by Gasteiger charge is -2.35. The van der Waals surface area contributed by atoms with Crippen molar-refractivity contribution in [2.75, 3.05) is 59.3 Å². The van der Waals surface area contributed by atoms with Crippen LogP contribution in [0, 0.1) is 5.92 Å². The summed E-state index contributed by atoms with van der Waals surface area (Å²) in [6.45, 7) is 6.85. The van der Waals surface area contributed by atoms with Crippen LogP contribution in [0.4, 0.5) is 5.69 Å². The Balaban J connectivity index is 1.92. The number of rotatable bonds is 11. The Kier molecular flexibility index (Phi) is 14.5. The lowest BCUT2D eigenvalue weighted by Crippen LogP contribution is -2.48. The highest BCUT2D eigenvalue weighted by Crippen LogP contribution is 2.29. The molecule has 0 bridgehead atoms. The quantitative estimate of drug-likeness (QED) is 0.369. The monoisotopic (exact) mass is 660 g/mol. The van der Waals surface area contributed by atoms with E-state index >= 15 is 0 Å². The number of hydrogen-bond acceptors (Lipinski definition) is 8. The zero-order chi connectivity index (χ0) is 33.9. The minimum Gasteiger partial charge on any atom is -0.490 e. The fourth-order valence-electron chi connectivity index (χ4n) is 5.37. The van der Waals surface area contributed by atoms with Gasteiger partial charge in [0.25, 0.3) is 5.91 Å². The predicted octanol–water partition coefficient (Wildman–Crippen LogP) is 4.08. The number of benzene rings is 2. The second-order valence-corrected chi connectivity index (χ2v) is 14.6. The summed E-state index contributed by atoms with van der Waals surface area (Å²) in [5.41, 5.74) is 0.765. The van der Waals surface area contributed by atoms with Gasteiger partial charge in [0.1, 0.15) is 5.75 Å². The molecule has 0 aromatic heterocycles. The number of hydrogen-bond donors (Lipinski definition) is 2. The first-order chi connectivity index (χ1) is 21.8. The molecule has 0 fully saturated rings. The topological polar surface area (TPSA) is 129 Å². The van der Waals surface area contributed by atoms with Crippen molar-refractivity contribution in [3.8, 4) is 5.75 Å². The molecule has 0 saturated carbocycles. The molecule has 1 aliphatic heterocycles. The molecule has 0 unspecified atom stereocenters. The van der Waals surface area contributed by atoms with Gasteiger partial charge >= 0.3 is 0 Å². The van der Waals surface area contributed by atoms with Crippen molar-refractivity contribution in [2.24, 2.45) is 5.92 Å². The second-order valence-electron chi connectivity index (χ2n) is 12.6. The Morgan fingerprint density at radius 2 is 1.83 bits per heavy atom. The van der Waals surface area contributed by atoms with E-state index in [-0.39, 0.29) is 54.0 Å². The van der Waals surface area contributed by atoms with E-state index in [2.05, 4.69) is 5.32 Å². The largest absolute Gasteiger partial charge is 0.490 e. The SMILES string of the molecule is C[C@@H]1CCCCO[C@H](CN(C)S(=O)(=O)c2ccccc2)[C@@H](C)CN([C@H](C)CO)C(=O)c2cc(NC(=O)CCCN(C)C)ccc2O1. The van der Waals surface area contributed by atoms with Crippen molar-refractivity contribution < 1.29 is 32.6 Å². The number of nitrogens with one attached hydrogen (secondary N) is 1. The standard InChI is InChI=1S/C34H52N4O7S/c1-25-22-38(26(2)24-39)34(41)30-21-28(35-33(40)16-12-19-36(4)5)17-18-31(30)45-27(3)13-10-11-20-44-32(25)23-37(6)46(42,43)29-14-8-7-9-15-29/h7-9,14-15,17-18,21,25-27,32,39H,10-13,16,19-20,22-24H2,1-6H3,(H,35,40)/t25-,26+,27+,32+/m0/s1. The molecule has 256 valence electrons. The number of fused-ring (bicyclic) bond motifs is 1. The van der Waals surface area contributed by atoms with Crippen LogP contribution in [0.25, 0.3) is 0 Å². The van der Waals surface area contributed by atoms with E-state index in [4.69, 9.17) is 9.47 Å². The van der Waals surface area contributed by atoms with E-state index in [1.807, 2.05) is 32.8 Å². The van der Waals surface area contributed by atoms with Gasteiger partial charge < -0.3 is 29.7 Å². The van der Waals surface area contributed by atoms with Crippen molar-refractivity contribution >= 4 is 27.5 Å². The molecule has 2 aromatic rings. The first kappa shape index (κ1) is 37.4. The van der Waals surface area contributed by atoms with Crippen LogP contribution in [-0.2, 0) is 19.6 Å². The third-order valence-electron chi connectivity index (χ3n) is 8.23. The molecule has 11 nitrogen and oxygen atoms in total. The summed E-state index contributed by atoms with van der Waals surface area (Å²) >= 11 is 0. The minimum absolute atomic E-state index is 0.0913. The van der Waals surface area contributed by atoms with E-state index in [1.165, 1.54) is 11.4 Å². The lowest BCUT2D eigenvalue weighted by atomic mass is 10.0. The number of likely N-dealkylation sites (N-methyl/N-ethyl adjacent to an activating group) is 1. The van der Waals surface area contributed by atoms with Gasteiger partial charge in [-0.1, -0.05) is 25.1 Å². The molecule has 0 saturated heterocycles. The van der Waals surface area contributed by atoms with Crippen molar-refractivity contribution in [2.45, 2.75) is 76.0 Å². The predicted molar refractivity (Wildman–Crippen MR) is 180 cm³/mol. The van der Waals surface area contributed by atoms with E-state index in [1.54, 1.807) is 60.4 Å². The number of amides is 2. The second kappa shape index (κ2) is 17.8. The fourth-order valence-corrected chi connectivity index (χ4v) is 6.57. The van der Waals surface area contributed by atoms with E-state index in [9.17, 15) is 23.1 Å². The Morgan fingerprint density at radius 3 is 2.50 bits per heavy atom. The molecule has 2 aromatic carbocycles. The fraction of sp³-hybridized carbons (Fsp3) is 0.588. The van der Waals surface area contributed by atoms with Gasteiger partial charge in [0.05, 0.1) is 35.3 Å². The zero-order valence-electron chi connectivity index (χ0n) is 28.1. The van der Waals surface area contributed by atoms with Gasteiger partial charge in [-0.05, 0) is 90.5 Å². The summed E-state index contributed by atoms with van der Waals surface area (Å²) in [5, 5.41) is 13.1. The first-order valence-corrected chi connectivity index (χ1v) is 17.6. The average molecular weight is 661 g/mol. The molecule has 46 heavy (non-hydrogen) atoms.